The van der Waals surface area contributed by atoms with Crippen molar-refractivity contribution in [3.8, 4) is 5.69 Å². The van der Waals surface area contributed by atoms with Gasteiger partial charge in [0.25, 0.3) is 5.91 Å². The van der Waals surface area contributed by atoms with Gasteiger partial charge in [-0.05, 0) is 44.2 Å². The summed E-state index contributed by atoms with van der Waals surface area (Å²) in [4.78, 5) is 17.7. The number of nitrogens with one attached hydrogen (secondary N) is 1. The number of aromatic nitrogens is 4. The van der Waals surface area contributed by atoms with E-state index in [0.29, 0.717) is 12.1 Å². The second-order valence-corrected chi connectivity index (χ2v) is 6.77. The van der Waals surface area contributed by atoms with Gasteiger partial charge in [-0.3, -0.25) is 9.20 Å². The molecule has 6 nitrogen and oxygen atoms in total. The molecular weight excluding hydrogens is 334 g/mol. The summed E-state index contributed by atoms with van der Waals surface area (Å²) in [6, 6.07) is 9.46. The number of amides is 1. The Hall–Kier alpha value is -2.93. The molecule has 0 aliphatic carbocycles. The van der Waals surface area contributed by atoms with Gasteiger partial charge in [-0.25, -0.2) is 9.67 Å². The summed E-state index contributed by atoms with van der Waals surface area (Å²) in [5, 5.41) is 9.34. The highest BCUT2D eigenvalue weighted by Crippen LogP contribution is 2.14. The molecule has 0 saturated carbocycles. The fourth-order valence-electron chi connectivity index (χ4n) is 2.78. The van der Waals surface area contributed by atoms with Crippen LogP contribution < -0.4 is 5.32 Å². The Kier molecular flexibility index (Phi) is 3.85. The van der Waals surface area contributed by atoms with E-state index >= 15 is 0 Å². The van der Waals surface area contributed by atoms with E-state index < -0.39 is 0 Å². The molecule has 0 fully saturated rings. The molecule has 0 spiro atoms. The van der Waals surface area contributed by atoms with E-state index in [4.69, 9.17) is 0 Å². The van der Waals surface area contributed by atoms with Crippen molar-refractivity contribution in [1.82, 2.24) is 24.5 Å². The molecule has 4 rings (SSSR count). The lowest BCUT2D eigenvalue weighted by Crippen LogP contribution is -2.22. The highest BCUT2D eigenvalue weighted by molar-refractivity contribution is 7.15. The van der Waals surface area contributed by atoms with E-state index in [1.54, 1.807) is 11.3 Å². The van der Waals surface area contributed by atoms with Crippen LogP contribution >= 0.6 is 11.3 Å². The first-order valence-electron chi connectivity index (χ1n) is 7.93. The number of hydrogen-bond donors (Lipinski definition) is 1. The van der Waals surface area contributed by atoms with Gasteiger partial charge in [0.15, 0.2) is 4.96 Å². The van der Waals surface area contributed by atoms with Crippen LogP contribution in [0.5, 0.6) is 0 Å². The summed E-state index contributed by atoms with van der Waals surface area (Å²) in [6.45, 7) is 4.38. The zero-order valence-electron chi connectivity index (χ0n) is 13.9. The lowest BCUT2D eigenvalue weighted by atomic mass is 10.2. The number of aryl methyl sites for hydroxylation is 2. The van der Waals surface area contributed by atoms with Gasteiger partial charge in [0.2, 0.25) is 0 Å². The van der Waals surface area contributed by atoms with Crippen molar-refractivity contribution in [3.05, 3.63) is 70.8 Å². The molecule has 0 radical (unpaired) electrons. The number of carbonyl (C=O) groups is 1. The van der Waals surface area contributed by atoms with Gasteiger partial charge in [-0.1, -0.05) is 0 Å². The second-order valence-electron chi connectivity index (χ2n) is 5.89. The fraction of sp³-hybridized carbons (Fsp3) is 0.167. The van der Waals surface area contributed by atoms with Gasteiger partial charge < -0.3 is 5.32 Å². The number of rotatable bonds is 4. The average molecular weight is 351 g/mol. The van der Waals surface area contributed by atoms with Crippen molar-refractivity contribution in [2.75, 3.05) is 0 Å². The summed E-state index contributed by atoms with van der Waals surface area (Å²) in [6.07, 6.45) is 3.88. The Morgan fingerprint density at radius 3 is 2.72 bits per heavy atom. The molecule has 0 unspecified atom stereocenters. The van der Waals surface area contributed by atoms with Gasteiger partial charge in [-0.2, -0.15) is 5.10 Å². The van der Waals surface area contributed by atoms with Crippen LogP contribution in [0.4, 0.5) is 0 Å². The zero-order chi connectivity index (χ0) is 17.4. The molecule has 3 heterocycles. The van der Waals surface area contributed by atoms with Crippen LogP contribution in [-0.4, -0.2) is 25.1 Å². The van der Waals surface area contributed by atoms with Crippen molar-refractivity contribution in [2.45, 2.75) is 20.4 Å². The minimum Gasteiger partial charge on any atom is -0.346 e. The van der Waals surface area contributed by atoms with E-state index in [0.717, 1.165) is 27.7 Å². The number of carbonyl (C=O) groups excluding carboxylic acids is 1. The highest BCUT2D eigenvalue weighted by atomic mass is 32.1. The molecule has 4 aromatic rings. The number of hydrogen-bond acceptors (Lipinski definition) is 4. The third kappa shape index (κ3) is 3.06. The summed E-state index contributed by atoms with van der Waals surface area (Å²) in [5.74, 6) is -0.115. The van der Waals surface area contributed by atoms with Gasteiger partial charge in [0, 0.05) is 29.0 Å². The number of nitrogens with zero attached hydrogens (tertiary/aromatic N) is 4. The van der Waals surface area contributed by atoms with Crippen molar-refractivity contribution >= 4 is 22.2 Å². The molecule has 1 amide bonds. The van der Waals surface area contributed by atoms with Crippen molar-refractivity contribution < 1.29 is 4.79 Å². The number of thiazole rings is 1. The Balaban J connectivity index is 1.45. The zero-order valence-corrected chi connectivity index (χ0v) is 14.7. The predicted molar refractivity (Wildman–Crippen MR) is 97.3 cm³/mol. The fourth-order valence-corrected chi connectivity index (χ4v) is 3.50. The third-order valence-electron chi connectivity index (χ3n) is 3.96. The number of benzene rings is 1. The van der Waals surface area contributed by atoms with Gasteiger partial charge in [-0.15, -0.1) is 11.3 Å². The lowest BCUT2D eigenvalue weighted by Gasteiger charge is -2.07. The Bertz CT molecular complexity index is 1010. The first-order valence-corrected chi connectivity index (χ1v) is 8.81. The third-order valence-corrected chi connectivity index (χ3v) is 4.73. The first kappa shape index (κ1) is 15.6. The van der Waals surface area contributed by atoms with Crippen LogP contribution in [-0.2, 0) is 6.54 Å². The van der Waals surface area contributed by atoms with Crippen LogP contribution in [0, 0.1) is 13.8 Å². The molecular formula is C18H17N5OS. The Morgan fingerprint density at radius 2 is 2.04 bits per heavy atom. The maximum absolute atomic E-state index is 12.3. The second kappa shape index (κ2) is 6.18. The molecule has 0 bridgehead atoms. The van der Waals surface area contributed by atoms with Crippen LogP contribution in [0.1, 0.15) is 27.4 Å². The molecule has 0 aliphatic heterocycles. The summed E-state index contributed by atoms with van der Waals surface area (Å²) in [5.41, 5.74) is 4.44. The largest absolute Gasteiger partial charge is 0.346 e. The van der Waals surface area contributed by atoms with Gasteiger partial charge >= 0.3 is 0 Å². The summed E-state index contributed by atoms with van der Waals surface area (Å²) in [7, 11) is 0. The van der Waals surface area contributed by atoms with Crippen LogP contribution in [0.15, 0.2) is 48.1 Å². The average Bonchev–Trinajstić information content (AvgIpc) is 3.27. The molecule has 126 valence electrons. The normalized spacial score (nSPS) is 11.1. The molecule has 1 aromatic carbocycles. The standard InChI is InChI=1S/C18H17N5OS/c1-12-9-13(2)23(21-12)16-5-3-14(4-6-16)17(24)19-10-15-11-22-7-8-25-18(22)20-15/h3-9,11H,10H2,1-2H3,(H,19,24). The maximum Gasteiger partial charge on any atom is 0.251 e. The number of imidazole rings is 1. The minimum atomic E-state index is -0.115. The topological polar surface area (TPSA) is 64.2 Å². The highest BCUT2D eigenvalue weighted by Gasteiger charge is 2.09. The van der Waals surface area contributed by atoms with Gasteiger partial charge in [0.1, 0.15) is 0 Å². The summed E-state index contributed by atoms with van der Waals surface area (Å²) >= 11 is 1.57. The Labute approximate surface area is 148 Å². The number of fused-ring (bicyclic) bond motifs is 1. The van der Waals surface area contributed by atoms with Gasteiger partial charge in [0.05, 0.1) is 23.6 Å². The Morgan fingerprint density at radius 1 is 1.24 bits per heavy atom. The predicted octanol–water partition coefficient (Wildman–Crippen LogP) is 3.13. The smallest absolute Gasteiger partial charge is 0.251 e. The first-order chi connectivity index (χ1) is 12.1. The van der Waals surface area contributed by atoms with Crippen molar-refractivity contribution in [3.63, 3.8) is 0 Å². The molecule has 0 atom stereocenters. The van der Waals surface area contributed by atoms with E-state index in [-0.39, 0.29) is 5.91 Å². The van der Waals surface area contributed by atoms with E-state index in [2.05, 4.69) is 15.4 Å². The van der Waals surface area contributed by atoms with Crippen LogP contribution in [0.25, 0.3) is 10.6 Å². The van der Waals surface area contributed by atoms with E-state index in [1.165, 1.54) is 0 Å². The molecule has 0 saturated heterocycles. The maximum atomic E-state index is 12.3. The van der Waals surface area contributed by atoms with Crippen molar-refractivity contribution in [1.29, 1.82) is 0 Å². The van der Waals surface area contributed by atoms with Crippen LogP contribution in [0.3, 0.4) is 0 Å². The van der Waals surface area contributed by atoms with E-state index in [1.807, 2.05) is 71.0 Å². The minimum absolute atomic E-state index is 0.115. The van der Waals surface area contributed by atoms with Crippen LogP contribution in [0.2, 0.25) is 0 Å². The van der Waals surface area contributed by atoms with Crippen molar-refractivity contribution in [2.24, 2.45) is 0 Å². The molecule has 3 aromatic heterocycles. The molecule has 1 N–H and O–H groups in total. The molecule has 25 heavy (non-hydrogen) atoms. The van der Waals surface area contributed by atoms with E-state index in [9.17, 15) is 4.79 Å². The molecule has 7 heteroatoms. The monoisotopic (exact) mass is 351 g/mol. The lowest BCUT2D eigenvalue weighted by molar-refractivity contribution is 0.0950. The quantitative estimate of drug-likeness (QED) is 0.614. The summed E-state index contributed by atoms with van der Waals surface area (Å²) < 4.78 is 3.82. The SMILES string of the molecule is Cc1cc(C)n(-c2ccc(C(=O)NCc3cn4ccsc4n3)cc2)n1. The molecule has 0 aliphatic rings.